The molecule has 2 rings (SSSR count). The predicted octanol–water partition coefficient (Wildman–Crippen LogP) is 4.43. The van der Waals surface area contributed by atoms with Gasteiger partial charge in [0.1, 0.15) is 0 Å². The van der Waals surface area contributed by atoms with Crippen LogP contribution in [0.1, 0.15) is 19.4 Å². The lowest BCUT2D eigenvalue weighted by molar-refractivity contribution is 0.509. The van der Waals surface area contributed by atoms with E-state index in [0.717, 1.165) is 17.2 Å². The van der Waals surface area contributed by atoms with Crippen LogP contribution in [0.15, 0.2) is 42.5 Å². The highest BCUT2D eigenvalue weighted by Gasteiger charge is 2.19. The maximum absolute atomic E-state index is 13.2. The molecule has 1 nitrogen and oxygen atoms in total. The minimum Gasteiger partial charge on any atom is -0.204 e. The van der Waals surface area contributed by atoms with Gasteiger partial charge in [0.15, 0.2) is 11.6 Å². The normalized spacial score (nSPS) is 11.1. The van der Waals surface area contributed by atoms with Gasteiger partial charge < -0.3 is 0 Å². The first-order valence-electron chi connectivity index (χ1n) is 5.91. The van der Waals surface area contributed by atoms with Gasteiger partial charge in [0.2, 0.25) is 0 Å². The van der Waals surface area contributed by atoms with Crippen molar-refractivity contribution in [2.75, 3.05) is 0 Å². The monoisotopic (exact) mass is 257 g/mol. The lowest BCUT2D eigenvalue weighted by atomic mass is 9.85. The van der Waals surface area contributed by atoms with E-state index in [4.69, 9.17) is 5.26 Å². The molecule has 0 fully saturated rings. The van der Waals surface area contributed by atoms with Crippen molar-refractivity contribution < 1.29 is 8.78 Å². The Labute approximate surface area is 111 Å². The van der Waals surface area contributed by atoms with E-state index in [1.807, 2.05) is 26.0 Å². The largest absolute Gasteiger partial charge is 0.204 e. The molecule has 0 aliphatic heterocycles. The quantitative estimate of drug-likeness (QED) is 0.780. The van der Waals surface area contributed by atoms with Gasteiger partial charge >= 0.3 is 0 Å². The Morgan fingerprint density at radius 3 is 2.00 bits per heavy atom. The van der Waals surface area contributed by atoms with Crippen LogP contribution in [0.2, 0.25) is 0 Å². The van der Waals surface area contributed by atoms with Crippen LogP contribution in [0.3, 0.4) is 0 Å². The van der Waals surface area contributed by atoms with Crippen LogP contribution in [-0.2, 0) is 5.41 Å². The van der Waals surface area contributed by atoms with Gasteiger partial charge in [-0.2, -0.15) is 5.26 Å². The number of nitriles is 1. The van der Waals surface area contributed by atoms with E-state index >= 15 is 0 Å². The van der Waals surface area contributed by atoms with Gasteiger partial charge in [0, 0.05) is 0 Å². The molecule has 0 spiro atoms. The molecule has 96 valence electrons. The second-order valence-electron chi connectivity index (χ2n) is 4.94. The number of rotatable bonds is 2. The molecule has 0 heterocycles. The van der Waals surface area contributed by atoms with E-state index in [1.165, 1.54) is 12.1 Å². The fraction of sp³-hybridized carbons (Fsp3) is 0.188. The molecule has 0 aliphatic carbocycles. The molecular weight excluding hydrogens is 244 g/mol. The number of hydrogen-bond donors (Lipinski definition) is 0. The molecule has 0 N–H and O–H groups in total. The molecule has 19 heavy (non-hydrogen) atoms. The van der Waals surface area contributed by atoms with Gasteiger partial charge in [-0.05, 0) is 42.7 Å². The van der Waals surface area contributed by atoms with Crippen LogP contribution in [0.25, 0.3) is 11.1 Å². The summed E-state index contributed by atoms with van der Waals surface area (Å²) in [5.41, 5.74) is 1.73. The van der Waals surface area contributed by atoms with Crippen LogP contribution in [0.5, 0.6) is 0 Å². The maximum Gasteiger partial charge on any atom is 0.159 e. The van der Waals surface area contributed by atoms with Gasteiger partial charge in [-0.25, -0.2) is 8.78 Å². The molecule has 0 amide bonds. The Balaban J connectivity index is 2.38. The fourth-order valence-corrected chi connectivity index (χ4v) is 1.82. The Morgan fingerprint density at radius 1 is 0.895 bits per heavy atom. The molecular formula is C16H13F2N. The van der Waals surface area contributed by atoms with E-state index in [2.05, 4.69) is 6.07 Å². The Morgan fingerprint density at radius 2 is 1.47 bits per heavy atom. The summed E-state index contributed by atoms with van der Waals surface area (Å²) in [4.78, 5) is 0. The van der Waals surface area contributed by atoms with Gasteiger partial charge in [0.05, 0.1) is 11.5 Å². The van der Waals surface area contributed by atoms with Crippen LogP contribution < -0.4 is 0 Å². The minimum atomic E-state index is -0.862. The van der Waals surface area contributed by atoms with E-state index in [0.29, 0.717) is 5.56 Å². The van der Waals surface area contributed by atoms with Crippen molar-refractivity contribution >= 4 is 0 Å². The highest BCUT2D eigenvalue weighted by molar-refractivity contribution is 5.64. The summed E-state index contributed by atoms with van der Waals surface area (Å²) >= 11 is 0. The molecule has 0 aromatic heterocycles. The summed E-state index contributed by atoms with van der Waals surface area (Å²) in [6.07, 6.45) is 0. The summed E-state index contributed by atoms with van der Waals surface area (Å²) in [5, 5.41) is 9.06. The third-order valence-electron chi connectivity index (χ3n) is 3.14. The first kappa shape index (κ1) is 13.2. The summed E-state index contributed by atoms with van der Waals surface area (Å²) in [7, 11) is 0. The third kappa shape index (κ3) is 2.63. The first-order valence-corrected chi connectivity index (χ1v) is 5.91. The average Bonchev–Trinajstić information content (AvgIpc) is 2.42. The molecule has 0 saturated carbocycles. The van der Waals surface area contributed by atoms with Crippen molar-refractivity contribution in [3.8, 4) is 17.2 Å². The number of halogens is 2. The zero-order valence-corrected chi connectivity index (χ0v) is 10.7. The molecule has 0 aliphatic rings. The maximum atomic E-state index is 13.2. The molecule has 0 saturated heterocycles. The first-order chi connectivity index (χ1) is 8.94. The van der Waals surface area contributed by atoms with Crippen LogP contribution in [0, 0.1) is 23.0 Å². The number of hydrogen-bond acceptors (Lipinski definition) is 1. The summed E-state index contributed by atoms with van der Waals surface area (Å²) in [6, 6.07) is 13.3. The minimum absolute atomic E-state index is 0.563. The molecule has 0 atom stereocenters. The lowest BCUT2D eigenvalue weighted by Crippen LogP contribution is -2.13. The van der Waals surface area contributed by atoms with Crippen molar-refractivity contribution in [1.82, 2.24) is 0 Å². The van der Waals surface area contributed by atoms with Gasteiger partial charge in [0.25, 0.3) is 0 Å². The van der Waals surface area contributed by atoms with Crippen molar-refractivity contribution in [2.45, 2.75) is 19.3 Å². The molecule has 0 radical (unpaired) electrons. The summed E-state index contributed by atoms with van der Waals surface area (Å²) in [5.74, 6) is -1.72. The molecule has 2 aromatic carbocycles. The zero-order valence-electron chi connectivity index (χ0n) is 10.7. The van der Waals surface area contributed by atoms with Gasteiger partial charge in [-0.3, -0.25) is 0 Å². The Hall–Kier alpha value is -2.21. The standard InChI is InChI=1S/C16H13F2N/c1-16(2,10-19)13-6-3-11(4-7-13)12-5-8-14(17)15(18)9-12/h3-9H,1-2H3. The van der Waals surface area contributed by atoms with Crippen LogP contribution >= 0.6 is 0 Å². The Kier molecular flexibility index (Phi) is 3.35. The molecule has 2 aromatic rings. The van der Waals surface area contributed by atoms with E-state index in [1.54, 1.807) is 12.1 Å². The second kappa shape index (κ2) is 4.81. The highest BCUT2D eigenvalue weighted by atomic mass is 19.2. The van der Waals surface area contributed by atoms with Crippen molar-refractivity contribution in [3.05, 3.63) is 59.7 Å². The zero-order chi connectivity index (χ0) is 14.0. The fourth-order valence-electron chi connectivity index (χ4n) is 1.82. The third-order valence-corrected chi connectivity index (χ3v) is 3.14. The molecule has 3 heteroatoms. The summed E-state index contributed by atoms with van der Waals surface area (Å²) in [6.45, 7) is 3.67. The number of benzene rings is 2. The summed E-state index contributed by atoms with van der Waals surface area (Å²) < 4.78 is 26.0. The van der Waals surface area contributed by atoms with Gasteiger partial charge in [-0.15, -0.1) is 0 Å². The van der Waals surface area contributed by atoms with Crippen molar-refractivity contribution in [1.29, 1.82) is 5.26 Å². The highest BCUT2D eigenvalue weighted by Crippen LogP contribution is 2.26. The second-order valence-corrected chi connectivity index (χ2v) is 4.94. The Bertz CT molecular complexity index is 637. The predicted molar refractivity (Wildman–Crippen MR) is 70.4 cm³/mol. The van der Waals surface area contributed by atoms with Crippen LogP contribution in [0.4, 0.5) is 8.78 Å². The van der Waals surface area contributed by atoms with E-state index < -0.39 is 17.0 Å². The smallest absolute Gasteiger partial charge is 0.159 e. The number of nitrogens with zero attached hydrogens (tertiary/aromatic N) is 1. The SMILES string of the molecule is CC(C)(C#N)c1ccc(-c2ccc(F)c(F)c2)cc1. The molecule has 0 bridgehead atoms. The van der Waals surface area contributed by atoms with E-state index in [9.17, 15) is 8.78 Å². The van der Waals surface area contributed by atoms with Crippen molar-refractivity contribution in [2.24, 2.45) is 0 Å². The van der Waals surface area contributed by atoms with Crippen LogP contribution in [-0.4, -0.2) is 0 Å². The van der Waals surface area contributed by atoms with E-state index in [-0.39, 0.29) is 0 Å². The molecule has 0 unspecified atom stereocenters. The van der Waals surface area contributed by atoms with Crippen molar-refractivity contribution in [3.63, 3.8) is 0 Å². The topological polar surface area (TPSA) is 23.8 Å². The lowest BCUT2D eigenvalue weighted by Gasteiger charge is -2.16. The average molecular weight is 257 g/mol. The van der Waals surface area contributed by atoms with Gasteiger partial charge in [-0.1, -0.05) is 30.3 Å².